The van der Waals surface area contributed by atoms with Crippen molar-refractivity contribution in [2.24, 2.45) is 7.05 Å². The van der Waals surface area contributed by atoms with Crippen molar-refractivity contribution >= 4 is 27.6 Å². The van der Waals surface area contributed by atoms with Crippen LogP contribution < -0.4 is 4.74 Å². The topological polar surface area (TPSA) is 76.7 Å². The number of ether oxygens (including phenoxy) is 4. The zero-order valence-electron chi connectivity index (χ0n) is 29.5. The number of carbonyl (C=O) groups excluding carboxylic acids is 1. The van der Waals surface area contributed by atoms with Crippen molar-refractivity contribution in [3.8, 4) is 16.9 Å². The van der Waals surface area contributed by atoms with E-state index in [9.17, 15) is 4.79 Å². The van der Waals surface area contributed by atoms with E-state index in [1.165, 1.54) is 0 Å². The molecule has 2 aromatic heterocycles. The molecule has 0 spiro atoms. The molecule has 0 unspecified atom stereocenters. The predicted octanol–water partition coefficient (Wildman–Crippen LogP) is 8.99. The van der Waals surface area contributed by atoms with E-state index < -0.39 is 0 Å². The quantitative estimate of drug-likeness (QED) is 0.0512. The van der Waals surface area contributed by atoms with Gasteiger partial charge in [-0.3, -0.25) is 4.68 Å². The fraction of sp³-hybridized carbons (Fsp3) is 0.256. The highest BCUT2D eigenvalue weighted by Gasteiger charge is 2.28. The number of rotatable bonds is 18. The highest BCUT2D eigenvalue weighted by Crippen LogP contribution is 2.39. The Labute approximate surface area is 299 Å². The molecule has 2 heterocycles. The van der Waals surface area contributed by atoms with Gasteiger partial charge in [-0.25, -0.2) is 4.79 Å². The normalized spacial score (nSPS) is 11.3. The SMILES string of the molecule is C=CCOCc1c(-c2cccc3c(CCCOc4cccc5ccccc45)c(C(=O)OCC)n(CC=C)c23)c(COCc2ccccc2)nn1C. The van der Waals surface area contributed by atoms with E-state index in [4.69, 9.17) is 24.0 Å². The van der Waals surface area contributed by atoms with Crippen molar-refractivity contribution in [2.75, 3.05) is 19.8 Å². The minimum Gasteiger partial charge on any atom is -0.493 e. The summed E-state index contributed by atoms with van der Waals surface area (Å²) in [6.07, 6.45) is 4.85. The van der Waals surface area contributed by atoms with E-state index >= 15 is 0 Å². The average Bonchev–Trinajstić information content (AvgIpc) is 3.64. The van der Waals surface area contributed by atoms with Crippen molar-refractivity contribution in [3.63, 3.8) is 0 Å². The first-order valence-corrected chi connectivity index (χ1v) is 17.4. The number of hydrogen-bond donors (Lipinski definition) is 0. The third-order valence-corrected chi connectivity index (χ3v) is 8.88. The molecule has 6 aromatic rings. The number of fused-ring (bicyclic) bond motifs is 2. The van der Waals surface area contributed by atoms with Crippen LogP contribution in [0.4, 0.5) is 0 Å². The van der Waals surface area contributed by atoms with Crippen LogP contribution in [0.1, 0.15) is 46.3 Å². The number of benzene rings is 4. The Hall–Kier alpha value is -5.44. The van der Waals surface area contributed by atoms with Gasteiger partial charge in [0.15, 0.2) is 0 Å². The third-order valence-electron chi connectivity index (χ3n) is 8.88. The van der Waals surface area contributed by atoms with Gasteiger partial charge in [-0.2, -0.15) is 5.10 Å². The lowest BCUT2D eigenvalue weighted by Crippen LogP contribution is -2.14. The van der Waals surface area contributed by atoms with Gasteiger partial charge in [0.05, 0.1) is 56.5 Å². The Bertz CT molecular complexity index is 2120. The molecule has 4 aromatic carbocycles. The van der Waals surface area contributed by atoms with E-state index in [0.717, 1.165) is 61.1 Å². The molecule has 8 heteroatoms. The van der Waals surface area contributed by atoms with Crippen LogP contribution in [0.5, 0.6) is 5.75 Å². The van der Waals surface area contributed by atoms with Gasteiger partial charge in [-0.05, 0) is 42.3 Å². The number of para-hydroxylation sites is 1. The van der Waals surface area contributed by atoms with Crippen molar-refractivity contribution in [1.82, 2.24) is 14.3 Å². The molecule has 262 valence electrons. The minimum absolute atomic E-state index is 0.265. The maximum atomic E-state index is 13.8. The Morgan fingerprint density at radius 1 is 0.843 bits per heavy atom. The molecule has 0 atom stereocenters. The molecule has 0 bridgehead atoms. The average molecular weight is 684 g/mol. The predicted molar refractivity (Wildman–Crippen MR) is 203 cm³/mol. The first kappa shape index (κ1) is 35.4. The van der Waals surface area contributed by atoms with Gasteiger partial charge in [0, 0.05) is 35.5 Å². The molecule has 0 N–H and O–H groups in total. The standard InChI is InChI=1S/C43H45N3O5/c1-5-25-46-41-34(35(42(46)43(47)50-7-3)23-15-27-51-39-24-13-19-32-18-11-12-20-33(32)39)21-14-22-36(41)40-37(29-49-28-31-16-9-8-10-17-31)44-45(4)38(40)30-48-26-6-2/h5-6,8-14,16-22,24H,1-2,7,15,23,25-30H2,3-4H3. The van der Waals surface area contributed by atoms with E-state index in [1.54, 1.807) is 6.08 Å². The molecular weight excluding hydrogens is 638 g/mol. The second kappa shape index (κ2) is 17.0. The van der Waals surface area contributed by atoms with E-state index in [0.29, 0.717) is 58.1 Å². The van der Waals surface area contributed by atoms with Crippen molar-refractivity contribution in [2.45, 2.75) is 46.1 Å². The molecule has 0 aliphatic carbocycles. The monoisotopic (exact) mass is 683 g/mol. The van der Waals surface area contributed by atoms with Crippen LogP contribution in [-0.2, 0) is 54.0 Å². The Kier molecular flexibility index (Phi) is 11.8. The van der Waals surface area contributed by atoms with Gasteiger partial charge in [0.2, 0.25) is 0 Å². The molecule has 0 saturated carbocycles. The lowest BCUT2D eigenvalue weighted by atomic mass is 9.98. The third kappa shape index (κ3) is 7.83. The summed E-state index contributed by atoms with van der Waals surface area (Å²) < 4.78 is 28.1. The second-order valence-corrected chi connectivity index (χ2v) is 12.3. The summed E-state index contributed by atoms with van der Waals surface area (Å²) in [6.45, 7) is 12.3. The summed E-state index contributed by atoms with van der Waals surface area (Å²) in [5, 5.41) is 8.11. The Morgan fingerprint density at radius 2 is 1.61 bits per heavy atom. The van der Waals surface area contributed by atoms with Gasteiger partial charge in [-0.1, -0.05) is 97.1 Å². The summed E-state index contributed by atoms with van der Waals surface area (Å²) >= 11 is 0. The highest BCUT2D eigenvalue weighted by atomic mass is 16.5. The van der Waals surface area contributed by atoms with Gasteiger partial charge in [0.25, 0.3) is 0 Å². The zero-order valence-corrected chi connectivity index (χ0v) is 29.5. The number of allylic oxidation sites excluding steroid dienone is 1. The van der Waals surface area contributed by atoms with Crippen LogP contribution in [0.15, 0.2) is 116 Å². The Balaban J connectivity index is 1.41. The number of carbonyl (C=O) groups is 1. The fourth-order valence-corrected chi connectivity index (χ4v) is 6.71. The summed E-state index contributed by atoms with van der Waals surface area (Å²) in [5.74, 6) is 0.485. The van der Waals surface area contributed by atoms with Crippen LogP contribution in [0.25, 0.3) is 32.8 Å². The number of aryl methyl sites for hydroxylation is 2. The zero-order chi connectivity index (χ0) is 35.6. The molecule has 8 nitrogen and oxygen atoms in total. The van der Waals surface area contributed by atoms with Crippen LogP contribution in [0.2, 0.25) is 0 Å². The molecule has 0 aliphatic heterocycles. The molecule has 6 rings (SSSR count). The van der Waals surface area contributed by atoms with Crippen LogP contribution in [0.3, 0.4) is 0 Å². The smallest absolute Gasteiger partial charge is 0.355 e. The van der Waals surface area contributed by atoms with Crippen molar-refractivity contribution in [3.05, 3.63) is 145 Å². The number of esters is 1. The summed E-state index contributed by atoms with van der Waals surface area (Å²) in [6, 6.07) is 30.6. The molecule has 0 amide bonds. The van der Waals surface area contributed by atoms with Crippen LogP contribution >= 0.6 is 0 Å². The number of hydrogen-bond acceptors (Lipinski definition) is 6. The van der Waals surface area contributed by atoms with Crippen molar-refractivity contribution in [1.29, 1.82) is 0 Å². The summed E-state index contributed by atoms with van der Waals surface area (Å²) in [7, 11) is 1.92. The van der Waals surface area contributed by atoms with Gasteiger partial charge in [0.1, 0.15) is 11.4 Å². The molecule has 51 heavy (non-hydrogen) atoms. The maximum absolute atomic E-state index is 13.8. The lowest BCUT2D eigenvalue weighted by Gasteiger charge is -2.14. The Morgan fingerprint density at radius 3 is 2.41 bits per heavy atom. The van der Waals surface area contributed by atoms with Crippen LogP contribution in [-0.4, -0.2) is 40.1 Å². The lowest BCUT2D eigenvalue weighted by molar-refractivity contribution is 0.0513. The fourth-order valence-electron chi connectivity index (χ4n) is 6.71. The van der Waals surface area contributed by atoms with Gasteiger partial charge < -0.3 is 23.5 Å². The largest absolute Gasteiger partial charge is 0.493 e. The molecule has 0 saturated heterocycles. The first-order chi connectivity index (χ1) is 25.0. The molecule has 0 fully saturated rings. The number of nitrogens with zero attached hydrogens (tertiary/aromatic N) is 3. The van der Waals surface area contributed by atoms with E-state index in [1.807, 2.05) is 90.0 Å². The molecule has 0 radical (unpaired) electrons. The summed E-state index contributed by atoms with van der Waals surface area (Å²) in [4.78, 5) is 13.8. The maximum Gasteiger partial charge on any atom is 0.355 e. The van der Waals surface area contributed by atoms with Crippen molar-refractivity contribution < 1.29 is 23.7 Å². The summed E-state index contributed by atoms with van der Waals surface area (Å²) in [5.41, 5.74) is 6.98. The molecular formula is C43H45N3O5. The number of aromatic nitrogens is 3. The second-order valence-electron chi connectivity index (χ2n) is 12.3. The molecule has 0 aliphatic rings. The van der Waals surface area contributed by atoms with E-state index in [2.05, 4.69) is 43.5 Å². The first-order valence-electron chi connectivity index (χ1n) is 17.4. The highest BCUT2D eigenvalue weighted by molar-refractivity contribution is 6.05. The van der Waals surface area contributed by atoms with Gasteiger partial charge >= 0.3 is 5.97 Å². The van der Waals surface area contributed by atoms with Gasteiger partial charge in [-0.15, -0.1) is 13.2 Å². The van der Waals surface area contributed by atoms with Crippen LogP contribution in [0, 0.1) is 0 Å². The minimum atomic E-state index is -0.362. The van der Waals surface area contributed by atoms with E-state index in [-0.39, 0.29) is 12.6 Å².